The van der Waals surface area contributed by atoms with Crippen LogP contribution in [-0.2, 0) is 12.6 Å². The van der Waals surface area contributed by atoms with Crippen LogP contribution in [0.2, 0.25) is 0 Å². The normalized spacial score (nSPS) is 11.6. The van der Waals surface area contributed by atoms with Crippen LogP contribution in [0.25, 0.3) is 0 Å². The highest BCUT2D eigenvalue weighted by molar-refractivity contribution is 5.35. The monoisotopic (exact) mass is 250 g/mol. The summed E-state index contributed by atoms with van der Waals surface area (Å²) in [6, 6.07) is 2.64. The first-order valence-electron chi connectivity index (χ1n) is 4.50. The van der Waals surface area contributed by atoms with Crippen LogP contribution in [-0.4, -0.2) is 4.98 Å². The third-order valence-corrected chi connectivity index (χ3v) is 2.05. The van der Waals surface area contributed by atoms with Crippen molar-refractivity contribution >= 4 is 0 Å². The van der Waals surface area contributed by atoms with Gasteiger partial charge >= 0.3 is 6.18 Å². The molecule has 0 aromatic carbocycles. The number of halogens is 5. The van der Waals surface area contributed by atoms with E-state index in [0.717, 1.165) is 13.0 Å². The molecular formula is C10H7F5N2. The summed E-state index contributed by atoms with van der Waals surface area (Å²) < 4.78 is 62.7. The number of rotatable bonds is 2. The zero-order chi connectivity index (χ0) is 13.2. The van der Waals surface area contributed by atoms with Crippen LogP contribution < -0.4 is 0 Å². The van der Waals surface area contributed by atoms with Crippen molar-refractivity contribution in [3.63, 3.8) is 0 Å². The minimum Gasteiger partial charge on any atom is -0.250 e. The van der Waals surface area contributed by atoms with E-state index in [0.29, 0.717) is 0 Å². The molecule has 0 spiro atoms. The Kier molecular flexibility index (Phi) is 3.66. The second kappa shape index (κ2) is 4.65. The van der Waals surface area contributed by atoms with Gasteiger partial charge in [0.25, 0.3) is 6.43 Å². The predicted molar refractivity (Wildman–Crippen MR) is 48.3 cm³/mol. The summed E-state index contributed by atoms with van der Waals surface area (Å²) in [6.45, 7) is 1.07. The van der Waals surface area contributed by atoms with E-state index in [2.05, 4.69) is 4.98 Å². The van der Waals surface area contributed by atoms with Gasteiger partial charge in [-0.3, -0.25) is 4.98 Å². The molecule has 0 saturated carbocycles. The van der Waals surface area contributed by atoms with Gasteiger partial charge in [-0.05, 0) is 18.6 Å². The molecule has 0 aliphatic rings. The molecule has 1 aromatic rings. The van der Waals surface area contributed by atoms with Crippen LogP contribution in [0.5, 0.6) is 0 Å². The van der Waals surface area contributed by atoms with Gasteiger partial charge < -0.3 is 0 Å². The lowest BCUT2D eigenvalue weighted by molar-refractivity contribution is -0.140. The van der Waals surface area contributed by atoms with Crippen molar-refractivity contribution in [3.05, 3.63) is 28.6 Å². The molecule has 1 aromatic heterocycles. The van der Waals surface area contributed by atoms with E-state index >= 15 is 0 Å². The highest BCUT2D eigenvalue weighted by Crippen LogP contribution is 2.37. The number of nitrogens with zero attached hydrogens (tertiary/aromatic N) is 2. The van der Waals surface area contributed by atoms with E-state index in [9.17, 15) is 22.0 Å². The number of aryl methyl sites for hydroxylation is 1. The first kappa shape index (κ1) is 13.4. The average molecular weight is 250 g/mol. The third kappa shape index (κ3) is 2.90. The number of aromatic nitrogens is 1. The molecule has 1 heterocycles. The van der Waals surface area contributed by atoms with Crippen LogP contribution in [0.4, 0.5) is 22.0 Å². The van der Waals surface area contributed by atoms with Gasteiger partial charge in [0, 0.05) is 0 Å². The molecule has 0 amide bonds. The Hall–Kier alpha value is -1.71. The first-order chi connectivity index (χ1) is 7.77. The summed E-state index contributed by atoms with van der Waals surface area (Å²) in [5.41, 5.74) is -3.18. The van der Waals surface area contributed by atoms with Gasteiger partial charge in [0.15, 0.2) is 0 Å². The van der Waals surface area contributed by atoms with Crippen molar-refractivity contribution in [2.75, 3.05) is 0 Å². The van der Waals surface area contributed by atoms with Gasteiger partial charge in [-0.2, -0.15) is 18.4 Å². The Bertz CT molecular complexity index is 459. The lowest BCUT2D eigenvalue weighted by Crippen LogP contribution is -2.15. The number of alkyl halides is 5. The summed E-state index contributed by atoms with van der Waals surface area (Å²) in [5, 5.41) is 8.37. The van der Waals surface area contributed by atoms with E-state index in [1.54, 1.807) is 6.07 Å². The van der Waals surface area contributed by atoms with E-state index < -0.39 is 23.9 Å². The smallest absolute Gasteiger partial charge is 0.250 e. The van der Waals surface area contributed by atoms with E-state index in [4.69, 9.17) is 5.26 Å². The molecule has 0 fully saturated rings. The third-order valence-electron chi connectivity index (χ3n) is 2.05. The quantitative estimate of drug-likeness (QED) is 0.754. The SMILES string of the molecule is Cc1cc(CC#N)nc(C(F)F)c1C(F)(F)F. The van der Waals surface area contributed by atoms with Gasteiger partial charge in [-0.15, -0.1) is 0 Å². The molecule has 0 radical (unpaired) electrons. The molecular weight excluding hydrogens is 243 g/mol. The van der Waals surface area contributed by atoms with Gasteiger partial charge in [0.05, 0.1) is 23.7 Å². The first-order valence-corrected chi connectivity index (χ1v) is 4.50. The molecule has 0 aliphatic carbocycles. The zero-order valence-corrected chi connectivity index (χ0v) is 8.65. The maximum Gasteiger partial charge on any atom is 0.418 e. The highest BCUT2D eigenvalue weighted by Gasteiger charge is 2.38. The molecule has 0 saturated heterocycles. The van der Waals surface area contributed by atoms with E-state index in [1.807, 2.05) is 0 Å². The van der Waals surface area contributed by atoms with Gasteiger partial charge in [-0.1, -0.05) is 0 Å². The van der Waals surface area contributed by atoms with Crippen molar-refractivity contribution in [1.29, 1.82) is 5.26 Å². The highest BCUT2D eigenvalue weighted by atomic mass is 19.4. The molecule has 0 N–H and O–H groups in total. The summed E-state index contributed by atoms with van der Waals surface area (Å²) >= 11 is 0. The molecule has 2 nitrogen and oxygen atoms in total. The van der Waals surface area contributed by atoms with Crippen molar-refractivity contribution < 1.29 is 22.0 Å². The van der Waals surface area contributed by atoms with Crippen LogP contribution in [0.3, 0.4) is 0 Å². The minimum atomic E-state index is -4.88. The number of hydrogen-bond donors (Lipinski definition) is 0. The van der Waals surface area contributed by atoms with Crippen LogP contribution in [0, 0.1) is 18.3 Å². The van der Waals surface area contributed by atoms with Crippen LogP contribution in [0.15, 0.2) is 6.07 Å². The molecule has 92 valence electrons. The maximum absolute atomic E-state index is 12.5. The molecule has 0 unspecified atom stereocenters. The van der Waals surface area contributed by atoms with Gasteiger partial charge in [0.2, 0.25) is 0 Å². The summed E-state index contributed by atoms with van der Waals surface area (Å²) in [4.78, 5) is 3.20. The number of nitriles is 1. The second-order valence-electron chi connectivity index (χ2n) is 3.32. The standard InChI is InChI=1S/C10H7F5N2/c1-5-4-6(2-3-16)17-8(9(11)12)7(5)10(13,14)15/h4,9H,2H2,1H3. The average Bonchev–Trinajstić information content (AvgIpc) is 2.14. The number of pyridine rings is 1. The Labute approximate surface area is 93.7 Å². The molecule has 1 rings (SSSR count). The maximum atomic E-state index is 12.5. The summed E-state index contributed by atoms with van der Waals surface area (Å²) in [5.74, 6) is 0. The Balaban J connectivity index is 3.45. The van der Waals surface area contributed by atoms with Crippen LogP contribution >= 0.6 is 0 Å². The Morgan fingerprint density at radius 1 is 1.41 bits per heavy atom. The van der Waals surface area contributed by atoms with Crippen molar-refractivity contribution in [3.8, 4) is 6.07 Å². The summed E-state index contributed by atoms with van der Waals surface area (Å²) in [6.07, 6.45) is -8.52. The van der Waals surface area contributed by atoms with Gasteiger partial charge in [-0.25, -0.2) is 8.78 Å². The Morgan fingerprint density at radius 3 is 2.41 bits per heavy atom. The second-order valence-corrected chi connectivity index (χ2v) is 3.32. The molecule has 0 aliphatic heterocycles. The molecule has 7 heteroatoms. The summed E-state index contributed by atoms with van der Waals surface area (Å²) in [7, 11) is 0. The van der Waals surface area contributed by atoms with E-state index in [-0.39, 0.29) is 17.7 Å². The predicted octanol–water partition coefficient (Wildman–Crippen LogP) is 3.41. The lowest BCUT2D eigenvalue weighted by atomic mass is 10.0. The fourth-order valence-electron chi connectivity index (χ4n) is 1.47. The van der Waals surface area contributed by atoms with Gasteiger partial charge in [0.1, 0.15) is 5.69 Å². The van der Waals surface area contributed by atoms with E-state index in [1.165, 1.54) is 0 Å². The van der Waals surface area contributed by atoms with Crippen molar-refractivity contribution in [2.45, 2.75) is 25.9 Å². The zero-order valence-electron chi connectivity index (χ0n) is 8.65. The minimum absolute atomic E-state index is 0.0895. The fourth-order valence-corrected chi connectivity index (χ4v) is 1.47. The fraction of sp³-hybridized carbons (Fsp3) is 0.400. The topological polar surface area (TPSA) is 36.7 Å². The van der Waals surface area contributed by atoms with Crippen molar-refractivity contribution in [2.24, 2.45) is 0 Å². The molecule has 0 bridgehead atoms. The largest absolute Gasteiger partial charge is 0.418 e. The molecule has 0 atom stereocenters. The van der Waals surface area contributed by atoms with Crippen molar-refractivity contribution in [1.82, 2.24) is 4.98 Å². The Morgan fingerprint density at radius 2 is 2.00 bits per heavy atom. The number of hydrogen-bond acceptors (Lipinski definition) is 2. The molecule has 17 heavy (non-hydrogen) atoms. The lowest BCUT2D eigenvalue weighted by Gasteiger charge is -2.15. The van der Waals surface area contributed by atoms with Crippen LogP contribution in [0.1, 0.15) is 28.9 Å².